The normalized spacial score (nSPS) is 17.8. The van der Waals surface area contributed by atoms with Crippen LogP contribution in [0, 0.1) is 5.92 Å². The Kier molecular flexibility index (Phi) is 9.95. The van der Waals surface area contributed by atoms with E-state index in [0.717, 1.165) is 11.1 Å². The number of carboxylic acids is 1. The van der Waals surface area contributed by atoms with Gasteiger partial charge < -0.3 is 15.7 Å². The van der Waals surface area contributed by atoms with E-state index in [1.165, 1.54) is 22.3 Å². The molecule has 1 aliphatic heterocycles. The van der Waals surface area contributed by atoms with Crippen LogP contribution in [0.2, 0.25) is 0 Å². The van der Waals surface area contributed by atoms with E-state index in [2.05, 4.69) is 34.4 Å². The first-order valence-electron chi connectivity index (χ1n) is 14.2. The van der Waals surface area contributed by atoms with E-state index in [0.29, 0.717) is 37.7 Å². The summed E-state index contributed by atoms with van der Waals surface area (Å²) in [6.07, 6.45) is 3.37. The zero-order valence-electron chi connectivity index (χ0n) is 24.4. The first-order valence-corrected chi connectivity index (χ1v) is 15.7. The molecule has 11 heteroatoms. The third-order valence-electron chi connectivity index (χ3n) is 7.67. The Balaban J connectivity index is 1.50. The lowest BCUT2D eigenvalue weighted by molar-refractivity contribution is -0.126. The molecular formula is C31H39N5O5S. The van der Waals surface area contributed by atoms with Crippen LogP contribution < -0.4 is 10.6 Å². The number of piperidine rings is 1. The van der Waals surface area contributed by atoms with Crippen LogP contribution >= 0.6 is 0 Å². The Morgan fingerprint density at radius 2 is 1.57 bits per heavy atom. The molecule has 10 nitrogen and oxygen atoms in total. The molecule has 1 fully saturated rings. The minimum atomic E-state index is -3.93. The first-order chi connectivity index (χ1) is 20.0. The SMILES string of the molecule is CC(C)c1ccc(CNC(=O)[C@H]2C[C@H](CNc3cnc(C(=O)O)cn3)CCN2S(=O)(=O)c2ccc(C(C)C)cc2)cc1. The van der Waals surface area contributed by atoms with Crippen LogP contribution in [-0.2, 0) is 21.4 Å². The third-order valence-corrected chi connectivity index (χ3v) is 9.60. The number of aromatic carboxylic acids is 1. The Bertz CT molecular complexity index is 1470. The van der Waals surface area contributed by atoms with Gasteiger partial charge in [0, 0.05) is 19.6 Å². The van der Waals surface area contributed by atoms with Crippen LogP contribution in [-0.4, -0.2) is 58.8 Å². The van der Waals surface area contributed by atoms with Crippen LogP contribution in [0.25, 0.3) is 0 Å². The number of nitrogens with zero attached hydrogens (tertiary/aromatic N) is 3. The molecule has 224 valence electrons. The van der Waals surface area contributed by atoms with Crippen molar-refractivity contribution in [3.05, 3.63) is 83.3 Å². The van der Waals surface area contributed by atoms with Crippen molar-refractivity contribution in [3.63, 3.8) is 0 Å². The fourth-order valence-electron chi connectivity index (χ4n) is 4.99. The van der Waals surface area contributed by atoms with Crippen molar-refractivity contribution in [1.29, 1.82) is 0 Å². The van der Waals surface area contributed by atoms with Gasteiger partial charge in [0.05, 0.1) is 17.3 Å². The summed E-state index contributed by atoms with van der Waals surface area (Å²) in [6.45, 7) is 9.24. The average molecular weight is 594 g/mol. The standard InChI is InChI=1S/C31H39N5O5S/c1-20(2)24-7-5-22(6-8-24)16-35-30(37)28-15-23(17-33-29-19-32-27(18-34-29)31(38)39)13-14-36(28)42(40,41)26-11-9-25(10-12-26)21(3)4/h5-12,18-21,23,28H,13-17H2,1-4H3,(H,33,34)(H,35,37)(H,38,39)/t23-,28-/m1/s1. The summed E-state index contributed by atoms with van der Waals surface area (Å²) in [5.74, 6) is -0.459. The molecule has 2 aromatic carbocycles. The predicted molar refractivity (Wildman–Crippen MR) is 161 cm³/mol. The molecule has 3 aromatic rings. The fraction of sp³-hybridized carbons (Fsp3) is 0.419. The highest BCUT2D eigenvalue weighted by Gasteiger charge is 2.40. The third kappa shape index (κ3) is 7.51. The largest absolute Gasteiger partial charge is 0.476 e. The zero-order valence-corrected chi connectivity index (χ0v) is 25.3. The lowest BCUT2D eigenvalue weighted by Gasteiger charge is -2.37. The molecular weight excluding hydrogens is 554 g/mol. The van der Waals surface area contributed by atoms with Gasteiger partial charge in [-0.2, -0.15) is 4.31 Å². The average Bonchev–Trinajstić information content (AvgIpc) is 2.99. The minimum Gasteiger partial charge on any atom is -0.476 e. The maximum Gasteiger partial charge on any atom is 0.356 e. The Hall–Kier alpha value is -3.83. The predicted octanol–water partition coefficient (Wildman–Crippen LogP) is 4.62. The van der Waals surface area contributed by atoms with Gasteiger partial charge in [0.15, 0.2) is 5.69 Å². The number of anilines is 1. The number of benzene rings is 2. The van der Waals surface area contributed by atoms with Crippen molar-refractivity contribution in [2.45, 2.75) is 69.9 Å². The summed E-state index contributed by atoms with van der Waals surface area (Å²) in [5.41, 5.74) is 3.02. The minimum absolute atomic E-state index is 0.0261. The lowest BCUT2D eigenvalue weighted by Crippen LogP contribution is -2.54. The first kappa shape index (κ1) is 31.1. The summed E-state index contributed by atoms with van der Waals surface area (Å²) in [4.78, 5) is 32.8. The Morgan fingerprint density at radius 1 is 0.952 bits per heavy atom. The van der Waals surface area contributed by atoms with Gasteiger partial charge in [0.2, 0.25) is 15.9 Å². The van der Waals surface area contributed by atoms with Crippen molar-refractivity contribution in [2.75, 3.05) is 18.4 Å². The van der Waals surface area contributed by atoms with Gasteiger partial charge in [0.25, 0.3) is 0 Å². The molecule has 42 heavy (non-hydrogen) atoms. The van der Waals surface area contributed by atoms with Gasteiger partial charge in [-0.3, -0.25) is 4.79 Å². The quantitative estimate of drug-likeness (QED) is 0.293. The van der Waals surface area contributed by atoms with E-state index in [-0.39, 0.29) is 34.9 Å². The maximum atomic E-state index is 13.8. The highest BCUT2D eigenvalue weighted by atomic mass is 32.2. The zero-order chi connectivity index (χ0) is 30.4. The molecule has 0 aliphatic carbocycles. The number of carbonyl (C=O) groups excluding carboxylic acids is 1. The van der Waals surface area contributed by atoms with Crippen LogP contribution in [0.5, 0.6) is 0 Å². The summed E-state index contributed by atoms with van der Waals surface area (Å²) in [7, 11) is -3.93. The molecule has 0 bridgehead atoms. The Morgan fingerprint density at radius 3 is 2.12 bits per heavy atom. The number of hydrogen-bond donors (Lipinski definition) is 3. The maximum absolute atomic E-state index is 13.8. The molecule has 0 saturated carbocycles. The second-order valence-electron chi connectivity index (χ2n) is 11.3. The van der Waals surface area contributed by atoms with E-state index in [1.54, 1.807) is 12.1 Å². The Labute approximate surface area is 247 Å². The van der Waals surface area contributed by atoms with Crippen LogP contribution in [0.3, 0.4) is 0 Å². The molecule has 1 aromatic heterocycles. The summed E-state index contributed by atoms with van der Waals surface area (Å²) >= 11 is 0. The van der Waals surface area contributed by atoms with Crippen molar-refractivity contribution in [3.8, 4) is 0 Å². The van der Waals surface area contributed by atoms with Crippen molar-refractivity contribution in [2.24, 2.45) is 5.92 Å². The summed E-state index contributed by atoms with van der Waals surface area (Å²) in [5, 5.41) is 15.1. The molecule has 0 radical (unpaired) electrons. The van der Waals surface area contributed by atoms with Gasteiger partial charge in [-0.05, 0) is 59.4 Å². The number of rotatable bonds is 11. The number of hydrogen-bond acceptors (Lipinski definition) is 7. The van der Waals surface area contributed by atoms with Gasteiger partial charge in [0.1, 0.15) is 11.9 Å². The van der Waals surface area contributed by atoms with Gasteiger partial charge in [-0.25, -0.2) is 23.2 Å². The van der Waals surface area contributed by atoms with E-state index in [4.69, 9.17) is 5.11 Å². The fourth-order valence-corrected chi connectivity index (χ4v) is 6.61. The molecule has 2 heterocycles. The van der Waals surface area contributed by atoms with Gasteiger partial charge in [-0.1, -0.05) is 64.1 Å². The number of amides is 1. The summed E-state index contributed by atoms with van der Waals surface area (Å²) < 4.78 is 28.9. The van der Waals surface area contributed by atoms with E-state index >= 15 is 0 Å². The lowest BCUT2D eigenvalue weighted by atomic mass is 9.91. The van der Waals surface area contributed by atoms with E-state index < -0.39 is 22.0 Å². The second kappa shape index (κ2) is 13.4. The molecule has 3 N–H and O–H groups in total. The van der Waals surface area contributed by atoms with Crippen LogP contribution in [0.4, 0.5) is 5.82 Å². The van der Waals surface area contributed by atoms with Crippen LogP contribution in [0.1, 0.15) is 79.6 Å². The smallest absolute Gasteiger partial charge is 0.356 e. The molecule has 1 saturated heterocycles. The topological polar surface area (TPSA) is 142 Å². The number of carbonyl (C=O) groups is 2. The van der Waals surface area contributed by atoms with Crippen molar-refractivity contribution < 1.29 is 23.1 Å². The van der Waals surface area contributed by atoms with E-state index in [1.807, 2.05) is 50.2 Å². The number of aromatic nitrogens is 2. The molecule has 0 spiro atoms. The highest BCUT2D eigenvalue weighted by molar-refractivity contribution is 7.89. The number of sulfonamides is 1. The molecule has 1 amide bonds. The number of carboxylic acid groups (broad SMARTS) is 1. The van der Waals surface area contributed by atoms with Gasteiger partial charge in [-0.15, -0.1) is 0 Å². The van der Waals surface area contributed by atoms with Gasteiger partial charge >= 0.3 is 5.97 Å². The highest BCUT2D eigenvalue weighted by Crippen LogP contribution is 2.30. The van der Waals surface area contributed by atoms with E-state index in [9.17, 15) is 18.0 Å². The molecule has 4 rings (SSSR count). The van der Waals surface area contributed by atoms with Crippen molar-refractivity contribution >= 4 is 27.7 Å². The summed E-state index contributed by atoms with van der Waals surface area (Å²) in [6, 6.07) is 14.0. The second-order valence-corrected chi connectivity index (χ2v) is 13.2. The molecule has 0 unspecified atom stereocenters. The van der Waals surface area contributed by atoms with Crippen LogP contribution in [0.15, 0.2) is 65.8 Å². The van der Waals surface area contributed by atoms with Crippen molar-refractivity contribution in [1.82, 2.24) is 19.6 Å². The molecule has 2 atom stereocenters. The number of nitrogens with one attached hydrogen (secondary N) is 2. The monoisotopic (exact) mass is 593 g/mol. The molecule has 1 aliphatic rings.